The summed E-state index contributed by atoms with van der Waals surface area (Å²) in [6.45, 7) is -0.0862. The van der Waals surface area contributed by atoms with Crippen molar-refractivity contribution in [2.45, 2.75) is 6.61 Å². The molecule has 0 spiro atoms. The molecule has 0 bridgehead atoms. The Bertz CT molecular complexity index is 778. The Hall–Kier alpha value is -2.64. The van der Waals surface area contributed by atoms with Crippen molar-refractivity contribution in [3.05, 3.63) is 72.8 Å². The first-order chi connectivity index (χ1) is 10.5. The topological polar surface area (TPSA) is 101 Å². The van der Waals surface area contributed by atoms with Crippen molar-refractivity contribution in [1.29, 1.82) is 0 Å². The van der Waals surface area contributed by atoms with Gasteiger partial charge in [-0.1, -0.05) is 27.1 Å². The van der Waals surface area contributed by atoms with Crippen LogP contribution in [0.5, 0.6) is 5.75 Å². The molecular weight excluding hydrogens is 359 g/mol. The molecule has 22 heavy (non-hydrogen) atoms. The molecule has 0 radical (unpaired) electrons. The Morgan fingerprint density at radius 1 is 1.36 bits per heavy atom. The Kier molecular flexibility index (Phi) is 4.92. The average Bonchev–Trinajstić information content (AvgIpc) is 2.47. The fraction of sp³-hybridized carbons (Fsp3) is 0.0769. The maximum atomic E-state index is 13.7. The third-order valence-corrected chi connectivity index (χ3v) is 3.20. The summed E-state index contributed by atoms with van der Waals surface area (Å²) in [5, 5.41) is 14.1. The summed E-state index contributed by atoms with van der Waals surface area (Å²) >= 11 is 3.14. The molecule has 0 heterocycles. The molecular formula is C13H8BrFN4O3. The van der Waals surface area contributed by atoms with E-state index in [4.69, 9.17) is 10.3 Å². The summed E-state index contributed by atoms with van der Waals surface area (Å²) in [6.07, 6.45) is 0. The van der Waals surface area contributed by atoms with Gasteiger partial charge in [-0.05, 0) is 29.8 Å². The predicted molar refractivity (Wildman–Crippen MR) is 80.3 cm³/mol. The first-order valence-electron chi connectivity index (χ1n) is 5.91. The Balaban J connectivity index is 2.21. The first kappa shape index (κ1) is 15.7. The van der Waals surface area contributed by atoms with Crippen molar-refractivity contribution in [1.82, 2.24) is 0 Å². The lowest BCUT2D eigenvalue weighted by Crippen LogP contribution is -1.99. The highest BCUT2D eigenvalue weighted by molar-refractivity contribution is 9.10. The second kappa shape index (κ2) is 6.88. The van der Waals surface area contributed by atoms with Gasteiger partial charge in [-0.15, -0.1) is 0 Å². The minimum atomic E-state index is -0.683. The van der Waals surface area contributed by atoms with Gasteiger partial charge in [0.15, 0.2) is 0 Å². The van der Waals surface area contributed by atoms with Gasteiger partial charge in [0.2, 0.25) is 0 Å². The van der Waals surface area contributed by atoms with Crippen LogP contribution in [0.3, 0.4) is 0 Å². The molecule has 112 valence electrons. The van der Waals surface area contributed by atoms with Crippen molar-refractivity contribution in [2.24, 2.45) is 5.11 Å². The minimum absolute atomic E-state index is 0.0862. The average molecular weight is 367 g/mol. The predicted octanol–water partition coefficient (Wildman–Crippen LogP) is 5.02. The molecule has 0 saturated heterocycles. The number of rotatable bonds is 5. The second-order valence-corrected chi connectivity index (χ2v) is 5.04. The van der Waals surface area contributed by atoms with Gasteiger partial charge in [-0.2, -0.15) is 0 Å². The maximum Gasteiger partial charge on any atom is 0.282 e. The van der Waals surface area contributed by atoms with Crippen molar-refractivity contribution in [2.75, 3.05) is 0 Å². The highest BCUT2D eigenvalue weighted by atomic mass is 79.9. The van der Waals surface area contributed by atoms with Crippen LogP contribution in [0, 0.1) is 15.9 Å². The third-order valence-electron chi connectivity index (χ3n) is 2.71. The van der Waals surface area contributed by atoms with Gasteiger partial charge >= 0.3 is 0 Å². The Labute approximate surface area is 132 Å². The van der Waals surface area contributed by atoms with Gasteiger partial charge in [0.1, 0.15) is 23.9 Å². The van der Waals surface area contributed by atoms with Crippen LogP contribution < -0.4 is 4.74 Å². The molecule has 0 aliphatic heterocycles. The number of azide groups is 1. The van der Waals surface area contributed by atoms with E-state index in [-0.39, 0.29) is 23.7 Å². The van der Waals surface area contributed by atoms with E-state index in [1.54, 1.807) is 12.1 Å². The molecule has 0 saturated carbocycles. The van der Waals surface area contributed by atoms with E-state index in [0.717, 1.165) is 6.07 Å². The van der Waals surface area contributed by atoms with E-state index in [9.17, 15) is 14.5 Å². The third kappa shape index (κ3) is 3.72. The van der Waals surface area contributed by atoms with Crippen molar-refractivity contribution in [3.8, 4) is 5.75 Å². The van der Waals surface area contributed by atoms with E-state index in [0.29, 0.717) is 10.0 Å². The standard InChI is InChI=1S/C13H8BrFN4O3/c14-9-2-1-8(11(15)5-9)7-22-10-3-4-12(17-18-16)13(6-10)19(20)21/h1-6H,7H2. The summed E-state index contributed by atoms with van der Waals surface area (Å²) in [5.74, 6) is -0.277. The zero-order chi connectivity index (χ0) is 16.1. The summed E-state index contributed by atoms with van der Waals surface area (Å²) in [7, 11) is 0. The molecule has 0 unspecified atom stereocenters. The van der Waals surface area contributed by atoms with Crippen LogP contribution in [0.25, 0.3) is 10.4 Å². The van der Waals surface area contributed by atoms with Crippen LogP contribution in [0.15, 0.2) is 46.0 Å². The number of benzene rings is 2. The Morgan fingerprint density at radius 3 is 2.77 bits per heavy atom. The van der Waals surface area contributed by atoms with Gasteiger partial charge < -0.3 is 4.74 Å². The fourth-order valence-electron chi connectivity index (χ4n) is 1.67. The fourth-order valence-corrected chi connectivity index (χ4v) is 2.00. The lowest BCUT2D eigenvalue weighted by Gasteiger charge is -2.08. The van der Waals surface area contributed by atoms with Crippen LogP contribution in [0.1, 0.15) is 5.56 Å². The molecule has 0 atom stereocenters. The second-order valence-electron chi connectivity index (χ2n) is 4.12. The van der Waals surface area contributed by atoms with E-state index in [1.165, 1.54) is 18.2 Å². The highest BCUT2D eigenvalue weighted by Crippen LogP contribution is 2.32. The van der Waals surface area contributed by atoms with Gasteiger partial charge in [-0.25, -0.2) is 4.39 Å². The molecule has 0 aliphatic carbocycles. The van der Waals surface area contributed by atoms with Crippen molar-refractivity contribution in [3.63, 3.8) is 0 Å². The number of hydrogen-bond donors (Lipinski definition) is 0. The molecule has 0 aromatic heterocycles. The summed E-state index contributed by atoms with van der Waals surface area (Å²) < 4.78 is 19.6. The molecule has 2 aromatic rings. The normalized spacial score (nSPS) is 9.91. The molecule has 0 aliphatic rings. The summed E-state index contributed by atoms with van der Waals surface area (Å²) in [4.78, 5) is 12.8. The summed E-state index contributed by atoms with van der Waals surface area (Å²) in [6, 6.07) is 8.31. The lowest BCUT2D eigenvalue weighted by molar-refractivity contribution is -0.384. The van der Waals surface area contributed by atoms with Crippen LogP contribution in [0.2, 0.25) is 0 Å². The van der Waals surface area contributed by atoms with Gasteiger partial charge in [0, 0.05) is 14.9 Å². The smallest absolute Gasteiger partial charge is 0.282 e. The zero-order valence-corrected chi connectivity index (χ0v) is 12.5. The molecule has 7 nitrogen and oxygen atoms in total. The monoisotopic (exact) mass is 366 g/mol. The van der Waals surface area contributed by atoms with Crippen LogP contribution >= 0.6 is 15.9 Å². The molecule has 2 rings (SSSR count). The molecule has 0 N–H and O–H groups in total. The number of nitro groups is 1. The van der Waals surface area contributed by atoms with Crippen LogP contribution in [0.4, 0.5) is 15.8 Å². The van der Waals surface area contributed by atoms with Crippen LogP contribution in [-0.4, -0.2) is 4.92 Å². The number of halogens is 2. The van der Waals surface area contributed by atoms with E-state index in [2.05, 4.69) is 26.0 Å². The van der Waals surface area contributed by atoms with E-state index in [1.807, 2.05) is 0 Å². The van der Waals surface area contributed by atoms with Gasteiger partial charge in [0.25, 0.3) is 5.69 Å². The number of hydrogen-bond acceptors (Lipinski definition) is 4. The number of nitrogens with zero attached hydrogens (tertiary/aromatic N) is 4. The molecule has 2 aromatic carbocycles. The molecule has 0 fully saturated rings. The zero-order valence-electron chi connectivity index (χ0n) is 10.9. The van der Waals surface area contributed by atoms with Gasteiger partial charge in [0.05, 0.1) is 11.0 Å². The quantitative estimate of drug-likeness (QED) is 0.244. The van der Waals surface area contributed by atoms with Crippen LogP contribution in [-0.2, 0) is 6.61 Å². The lowest BCUT2D eigenvalue weighted by atomic mass is 10.2. The van der Waals surface area contributed by atoms with E-state index < -0.39 is 10.7 Å². The number of nitro benzene ring substituents is 1. The maximum absolute atomic E-state index is 13.7. The van der Waals surface area contributed by atoms with Crippen molar-refractivity contribution < 1.29 is 14.1 Å². The SMILES string of the molecule is [N-]=[N+]=Nc1ccc(OCc2ccc(Br)cc2F)cc1[N+](=O)[O-]. The minimum Gasteiger partial charge on any atom is -0.489 e. The highest BCUT2D eigenvalue weighted by Gasteiger charge is 2.14. The largest absolute Gasteiger partial charge is 0.489 e. The molecule has 0 amide bonds. The Morgan fingerprint density at radius 2 is 2.14 bits per heavy atom. The number of ether oxygens (including phenoxy) is 1. The van der Waals surface area contributed by atoms with Gasteiger partial charge in [-0.3, -0.25) is 10.1 Å². The van der Waals surface area contributed by atoms with Crippen molar-refractivity contribution >= 4 is 27.3 Å². The molecule has 9 heteroatoms. The van der Waals surface area contributed by atoms with E-state index >= 15 is 0 Å². The first-order valence-corrected chi connectivity index (χ1v) is 6.71. The summed E-state index contributed by atoms with van der Waals surface area (Å²) in [5.41, 5.74) is 8.17.